The maximum Gasteiger partial charge on any atom is 0.307 e. The maximum atomic E-state index is 12.0. The first-order chi connectivity index (χ1) is 10.1. The van der Waals surface area contributed by atoms with Crippen LogP contribution in [0.3, 0.4) is 0 Å². The van der Waals surface area contributed by atoms with Crippen LogP contribution in [0.5, 0.6) is 0 Å². The standard InChI is InChI=1S/C15H21N3O3/c1-3-21-14(19)9-13-15(20)16-7-8-18(13)10-12-6-4-5-11(2)17-12/h4-6,13H,3,7-10H2,1-2H3,(H,16,20). The average molecular weight is 291 g/mol. The summed E-state index contributed by atoms with van der Waals surface area (Å²) in [7, 11) is 0. The molecule has 2 rings (SSSR count). The highest BCUT2D eigenvalue weighted by Crippen LogP contribution is 2.13. The minimum Gasteiger partial charge on any atom is -0.466 e. The molecule has 1 aliphatic heterocycles. The number of carbonyl (C=O) groups is 2. The summed E-state index contributed by atoms with van der Waals surface area (Å²) in [5, 5.41) is 2.80. The van der Waals surface area contributed by atoms with E-state index in [2.05, 4.69) is 10.3 Å². The molecule has 21 heavy (non-hydrogen) atoms. The molecule has 1 fully saturated rings. The third-order valence-electron chi connectivity index (χ3n) is 3.42. The van der Waals surface area contributed by atoms with Crippen LogP contribution >= 0.6 is 0 Å². The van der Waals surface area contributed by atoms with Gasteiger partial charge in [0.25, 0.3) is 0 Å². The van der Waals surface area contributed by atoms with Gasteiger partial charge in [-0.15, -0.1) is 0 Å². The molecule has 6 heteroatoms. The van der Waals surface area contributed by atoms with Gasteiger partial charge in [-0.05, 0) is 26.0 Å². The van der Waals surface area contributed by atoms with E-state index >= 15 is 0 Å². The molecule has 0 aliphatic carbocycles. The Labute approximate surface area is 124 Å². The molecule has 2 heterocycles. The number of hydrogen-bond acceptors (Lipinski definition) is 5. The molecule has 0 bridgehead atoms. The topological polar surface area (TPSA) is 71.5 Å². The van der Waals surface area contributed by atoms with Crippen molar-refractivity contribution in [3.63, 3.8) is 0 Å². The first-order valence-electron chi connectivity index (χ1n) is 7.20. The summed E-state index contributed by atoms with van der Waals surface area (Å²) in [5.74, 6) is -0.469. The highest BCUT2D eigenvalue weighted by atomic mass is 16.5. The van der Waals surface area contributed by atoms with Gasteiger partial charge in [0, 0.05) is 25.3 Å². The number of nitrogens with one attached hydrogen (secondary N) is 1. The largest absolute Gasteiger partial charge is 0.466 e. The minimum atomic E-state index is -0.486. The van der Waals surface area contributed by atoms with Gasteiger partial charge in [0.1, 0.15) is 6.04 Å². The predicted octanol–water partition coefficient (Wildman–Crippen LogP) is 0.644. The molecule has 1 unspecified atom stereocenters. The fourth-order valence-corrected chi connectivity index (χ4v) is 2.45. The molecule has 114 valence electrons. The number of ether oxygens (including phenoxy) is 1. The minimum absolute atomic E-state index is 0.0749. The van der Waals surface area contributed by atoms with Gasteiger partial charge in [-0.1, -0.05) is 6.07 Å². The van der Waals surface area contributed by atoms with Crippen LogP contribution in [-0.2, 0) is 20.9 Å². The Morgan fingerprint density at radius 3 is 3.05 bits per heavy atom. The second-order valence-corrected chi connectivity index (χ2v) is 5.06. The smallest absolute Gasteiger partial charge is 0.307 e. The maximum absolute atomic E-state index is 12.0. The average Bonchev–Trinajstić information content (AvgIpc) is 2.43. The van der Waals surface area contributed by atoms with Crippen molar-refractivity contribution < 1.29 is 14.3 Å². The number of pyridine rings is 1. The van der Waals surface area contributed by atoms with E-state index in [0.29, 0.717) is 26.2 Å². The number of amides is 1. The molecule has 0 saturated carbocycles. The molecular weight excluding hydrogens is 270 g/mol. The fraction of sp³-hybridized carbons (Fsp3) is 0.533. The molecule has 1 aromatic rings. The SMILES string of the molecule is CCOC(=O)CC1C(=O)NCCN1Cc1cccc(C)n1. The Morgan fingerprint density at radius 2 is 2.33 bits per heavy atom. The van der Waals surface area contributed by atoms with Crippen LogP contribution in [0.1, 0.15) is 24.7 Å². The van der Waals surface area contributed by atoms with Crippen LogP contribution in [-0.4, -0.2) is 47.5 Å². The Balaban J connectivity index is 2.07. The molecule has 0 aromatic carbocycles. The van der Waals surface area contributed by atoms with Crippen LogP contribution < -0.4 is 5.32 Å². The number of carbonyl (C=O) groups excluding carboxylic acids is 2. The number of piperazine rings is 1. The Morgan fingerprint density at radius 1 is 1.52 bits per heavy atom. The molecule has 6 nitrogen and oxygen atoms in total. The summed E-state index contributed by atoms with van der Waals surface area (Å²) < 4.78 is 4.95. The molecule has 0 radical (unpaired) electrons. The van der Waals surface area contributed by atoms with Gasteiger partial charge < -0.3 is 10.1 Å². The number of nitrogens with zero attached hydrogens (tertiary/aromatic N) is 2. The van der Waals surface area contributed by atoms with Gasteiger partial charge in [0.15, 0.2) is 0 Å². The van der Waals surface area contributed by atoms with Gasteiger partial charge >= 0.3 is 5.97 Å². The summed E-state index contributed by atoms with van der Waals surface area (Å²) in [6.45, 7) is 5.86. The molecular formula is C15H21N3O3. The summed E-state index contributed by atoms with van der Waals surface area (Å²) in [6, 6.07) is 5.32. The zero-order valence-electron chi connectivity index (χ0n) is 12.5. The van der Waals surface area contributed by atoms with Crippen LogP contribution in [0.15, 0.2) is 18.2 Å². The second-order valence-electron chi connectivity index (χ2n) is 5.06. The molecule has 1 amide bonds. The van der Waals surface area contributed by atoms with Gasteiger partial charge in [0.2, 0.25) is 5.91 Å². The molecule has 1 atom stereocenters. The second kappa shape index (κ2) is 7.17. The van der Waals surface area contributed by atoms with Gasteiger partial charge in [-0.2, -0.15) is 0 Å². The Bertz CT molecular complexity index is 519. The van der Waals surface area contributed by atoms with E-state index in [-0.39, 0.29) is 18.3 Å². The zero-order valence-corrected chi connectivity index (χ0v) is 12.5. The van der Waals surface area contributed by atoms with Crippen LogP contribution in [0, 0.1) is 6.92 Å². The highest BCUT2D eigenvalue weighted by molar-refractivity contribution is 5.87. The first-order valence-corrected chi connectivity index (χ1v) is 7.20. The molecule has 1 aromatic heterocycles. The summed E-state index contributed by atoms with van der Waals surface area (Å²) >= 11 is 0. The highest BCUT2D eigenvalue weighted by Gasteiger charge is 2.32. The monoisotopic (exact) mass is 291 g/mol. The van der Waals surface area contributed by atoms with E-state index < -0.39 is 6.04 Å². The lowest BCUT2D eigenvalue weighted by Crippen LogP contribution is -2.55. The van der Waals surface area contributed by atoms with Crippen molar-refractivity contribution in [1.29, 1.82) is 0 Å². The quantitative estimate of drug-likeness (QED) is 0.806. The molecule has 1 aliphatic rings. The number of aryl methyl sites for hydroxylation is 1. The van der Waals surface area contributed by atoms with Crippen molar-refractivity contribution in [3.8, 4) is 0 Å². The number of rotatable bonds is 5. The van der Waals surface area contributed by atoms with Crippen molar-refractivity contribution in [3.05, 3.63) is 29.6 Å². The van der Waals surface area contributed by atoms with E-state index in [9.17, 15) is 9.59 Å². The predicted molar refractivity (Wildman–Crippen MR) is 77.4 cm³/mol. The lowest BCUT2D eigenvalue weighted by molar-refractivity contribution is -0.148. The van der Waals surface area contributed by atoms with E-state index in [1.807, 2.05) is 30.0 Å². The van der Waals surface area contributed by atoms with Crippen LogP contribution in [0.4, 0.5) is 0 Å². The van der Waals surface area contributed by atoms with Crippen LogP contribution in [0.2, 0.25) is 0 Å². The molecule has 1 N–H and O–H groups in total. The van der Waals surface area contributed by atoms with Gasteiger partial charge in [-0.3, -0.25) is 19.5 Å². The van der Waals surface area contributed by atoms with Crippen molar-refractivity contribution in [1.82, 2.24) is 15.2 Å². The lowest BCUT2D eigenvalue weighted by Gasteiger charge is -2.34. The third-order valence-corrected chi connectivity index (χ3v) is 3.42. The summed E-state index contributed by atoms with van der Waals surface area (Å²) in [6.07, 6.45) is 0.0749. The number of esters is 1. The van der Waals surface area contributed by atoms with Gasteiger partial charge in [-0.25, -0.2) is 0 Å². The van der Waals surface area contributed by atoms with Crippen molar-refractivity contribution >= 4 is 11.9 Å². The Kier molecular flexibility index (Phi) is 5.27. The van der Waals surface area contributed by atoms with Crippen molar-refractivity contribution in [2.75, 3.05) is 19.7 Å². The van der Waals surface area contributed by atoms with E-state index in [1.165, 1.54) is 0 Å². The van der Waals surface area contributed by atoms with E-state index in [0.717, 1.165) is 11.4 Å². The summed E-state index contributed by atoms with van der Waals surface area (Å²) in [4.78, 5) is 30.1. The Hall–Kier alpha value is -1.95. The van der Waals surface area contributed by atoms with Crippen LogP contribution in [0.25, 0.3) is 0 Å². The van der Waals surface area contributed by atoms with Crippen molar-refractivity contribution in [2.24, 2.45) is 0 Å². The number of aromatic nitrogens is 1. The third kappa shape index (κ3) is 4.26. The normalized spacial score (nSPS) is 19.1. The lowest BCUT2D eigenvalue weighted by atomic mass is 10.1. The van der Waals surface area contributed by atoms with E-state index in [4.69, 9.17) is 4.74 Å². The zero-order chi connectivity index (χ0) is 15.2. The van der Waals surface area contributed by atoms with E-state index in [1.54, 1.807) is 6.92 Å². The number of hydrogen-bond donors (Lipinski definition) is 1. The van der Waals surface area contributed by atoms with Gasteiger partial charge in [0.05, 0.1) is 18.7 Å². The first kappa shape index (κ1) is 15.4. The molecule has 0 spiro atoms. The van der Waals surface area contributed by atoms with Crippen molar-refractivity contribution in [2.45, 2.75) is 32.9 Å². The fourth-order valence-electron chi connectivity index (χ4n) is 2.45. The summed E-state index contributed by atoms with van der Waals surface area (Å²) in [5.41, 5.74) is 1.84. The molecule has 1 saturated heterocycles.